The summed E-state index contributed by atoms with van der Waals surface area (Å²) in [5, 5.41) is 0. The van der Waals surface area contributed by atoms with Crippen molar-refractivity contribution in [3.63, 3.8) is 0 Å². The molecule has 1 aromatic carbocycles. The van der Waals surface area contributed by atoms with E-state index in [9.17, 15) is 9.59 Å². The van der Waals surface area contributed by atoms with E-state index in [0.29, 0.717) is 37.5 Å². The standard InChI is InChI=1S/C22H22N4O3/c1-24(18-6-3-2-4-7-18)21(27)17-14-19(16-23-15-17)25-9-11-26(12-10-25)22(28)20-8-5-13-29-20/h2-8,13-16H,9-12H2,1H3. The quantitative estimate of drug-likeness (QED) is 0.685. The van der Waals surface area contributed by atoms with Crippen molar-refractivity contribution in [3.8, 4) is 0 Å². The van der Waals surface area contributed by atoms with Crippen LogP contribution < -0.4 is 9.80 Å². The van der Waals surface area contributed by atoms with Gasteiger partial charge in [0, 0.05) is 45.1 Å². The lowest BCUT2D eigenvalue weighted by Gasteiger charge is -2.35. The van der Waals surface area contributed by atoms with Gasteiger partial charge in [0.15, 0.2) is 5.76 Å². The van der Waals surface area contributed by atoms with Crippen molar-refractivity contribution in [1.82, 2.24) is 9.88 Å². The number of hydrogen-bond donors (Lipinski definition) is 0. The second-order valence-corrected chi connectivity index (χ2v) is 6.89. The normalized spacial score (nSPS) is 14.0. The van der Waals surface area contributed by atoms with E-state index < -0.39 is 0 Å². The van der Waals surface area contributed by atoms with Gasteiger partial charge in [-0.05, 0) is 30.3 Å². The van der Waals surface area contributed by atoms with E-state index in [4.69, 9.17) is 4.42 Å². The minimum Gasteiger partial charge on any atom is -0.459 e. The highest BCUT2D eigenvalue weighted by Gasteiger charge is 2.24. The van der Waals surface area contributed by atoms with Gasteiger partial charge < -0.3 is 19.1 Å². The maximum absolute atomic E-state index is 12.9. The number of carbonyl (C=O) groups excluding carboxylic acids is 2. The molecule has 3 heterocycles. The van der Waals surface area contributed by atoms with E-state index >= 15 is 0 Å². The average molecular weight is 390 g/mol. The fourth-order valence-corrected chi connectivity index (χ4v) is 3.40. The Balaban J connectivity index is 1.43. The number of carbonyl (C=O) groups is 2. The predicted molar refractivity (Wildman–Crippen MR) is 110 cm³/mol. The van der Waals surface area contributed by atoms with Crippen LogP contribution in [0.1, 0.15) is 20.9 Å². The first-order chi connectivity index (χ1) is 14.1. The fourth-order valence-electron chi connectivity index (χ4n) is 3.40. The Hall–Kier alpha value is -3.61. The van der Waals surface area contributed by atoms with Crippen LogP contribution in [-0.4, -0.2) is 54.9 Å². The smallest absolute Gasteiger partial charge is 0.289 e. The molecule has 2 aromatic heterocycles. The summed E-state index contributed by atoms with van der Waals surface area (Å²) in [4.78, 5) is 35.1. The molecule has 0 spiro atoms. The van der Waals surface area contributed by atoms with E-state index in [2.05, 4.69) is 9.88 Å². The monoisotopic (exact) mass is 390 g/mol. The zero-order valence-corrected chi connectivity index (χ0v) is 16.2. The van der Waals surface area contributed by atoms with E-state index in [0.717, 1.165) is 11.4 Å². The van der Waals surface area contributed by atoms with Crippen molar-refractivity contribution < 1.29 is 14.0 Å². The maximum atomic E-state index is 12.9. The number of furan rings is 1. The Labute approximate surface area is 169 Å². The molecular formula is C22H22N4O3. The zero-order chi connectivity index (χ0) is 20.2. The molecule has 3 aromatic rings. The maximum Gasteiger partial charge on any atom is 0.289 e. The molecule has 0 radical (unpaired) electrons. The summed E-state index contributed by atoms with van der Waals surface area (Å²) < 4.78 is 5.20. The molecule has 1 fully saturated rings. The Morgan fingerprint density at radius 2 is 1.76 bits per heavy atom. The van der Waals surface area contributed by atoms with Gasteiger partial charge in [0.25, 0.3) is 11.8 Å². The molecule has 0 saturated carbocycles. The summed E-state index contributed by atoms with van der Waals surface area (Å²) in [6, 6.07) is 14.8. The fraction of sp³-hybridized carbons (Fsp3) is 0.227. The topological polar surface area (TPSA) is 69.9 Å². The molecule has 148 valence electrons. The first kappa shape index (κ1) is 18.7. The lowest BCUT2D eigenvalue weighted by atomic mass is 10.2. The molecule has 2 amide bonds. The highest BCUT2D eigenvalue weighted by Crippen LogP contribution is 2.20. The predicted octanol–water partition coefficient (Wildman–Crippen LogP) is 2.91. The number of hydrogen-bond acceptors (Lipinski definition) is 5. The summed E-state index contributed by atoms with van der Waals surface area (Å²) in [5.41, 5.74) is 2.23. The summed E-state index contributed by atoms with van der Waals surface area (Å²) >= 11 is 0. The molecule has 0 atom stereocenters. The van der Waals surface area contributed by atoms with Gasteiger partial charge in [0.1, 0.15) is 0 Å². The summed E-state index contributed by atoms with van der Waals surface area (Å²) in [5.74, 6) is 0.148. The first-order valence-corrected chi connectivity index (χ1v) is 9.49. The lowest BCUT2D eigenvalue weighted by molar-refractivity contribution is 0.0714. The van der Waals surface area contributed by atoms with Crippen LogP contribution in [0.15, 0.2) is 71.6 Å². The van der Waals surface area contributed by atoms with Crippen molar-refractivity contribution in [1.29, 1.82) is 0 Å². The number of aromatic nitrogens is 1. The molecule has 0 aliphatic carbocycles. The van der Waals surface area contributed by atoms with Gasteiger partial charge in [-0.25, -0.2) is 0 Å². The first-order valence-electron chi connectivity index (χ1n) is 9.49. The van der Waals surface area contributed by atoms with Gasteiger partial charge in [-0.1, -0.05) is 18.2 Å². The second kappa shape index (κ2) is 8.18. The number of rotatable bonds is 4. The summed E-state index contributed by atoms with van der Waals surface area (Å²) in [7, 11) is 1.75. The summed E-state index contributed by atoms with van der Waals surface area (Å²) in [6.45, 7) is 2.50. The number of anilines is 2. The van der Waals surface area contributed by atoms with Crippen molar-refractivity contribution in [2.75, 3.05) is 43.0 Å². The Morgan fingerprint density at radius 3 is 2.45 bits per heavy atom. The number of para-hydroxylation sites is 1. The van der Waals surface area contributed by atoms with Crippen LogP contribution in [0, 0.1) is 0 Å². The van der Waals surface area contributed by atoms with Crippen molar-refractivity contribution in [2.24, 2.45) is 0 Å². The van der Waals surface area contributed by atoms with Crippen molar-refractivity contribution >= 4 is 23.2 Å². The molecule has 4 rings (SSSR count). The van der Waals surface area contributed by atoms with Gasteiger partial charge in [-0.3, -0.25) is 14.6 Å². The van der Waals surface area contributed by atoms with Crippen LogP contribution in [0.5, 0.6) is 0 Å². The van der Waals surface area contributed by atoms with Crippen molar-refractivity contribution in [2.45, 2.75) is 0 Å². The number of nitrogens with zero attached hydrogens (tertiary/aromatic N) is 4. The van der Waals surface area contributed by atoms with E-state index in [1.54, 1.807) is 41.4 Å². The highest BCUT2D eigenvalue weighted by molar-refractivity contribution is 6.06. The molecule has 0 unspecified atom stereocenters. The Bertz CT molecular complexity index is 980. The third kappa shape index (κ3) is 3.99. The van der Waals surface area contributed by atoms with Crippen molar-refractivity contribution in [3.05, 3.63) is 78.5 Å². The molecule has 0 bridgehead atoms. The third-order valence-corrected chi connectivity index (χ3v) is 5.08. The van der Waals surface area contributed by atoms with Crippen LogP contribution in [0.4, 0.5) is 11.4 Å². The molecule has 7 heteroatoms. The Kier molecular flexibility index (Phi) is 5.29. The zero-order valence-electron chi connectivity index (χ0n) is 16.2. The minimum absolute atomic E-state index is 0.0961. The van der Waals surface area contributed by atoms with E-state index in [-0.39, 0.29) is 11.8 Å². The Morgan fingerprint density at radius 1 is 1.00 bits per heavy atom. The van der Waals surface area contributed by atoms with Crippen LogP contribution in [0.3, 0.4) is 0 Å². The molecule has 7 nitrogen and oxygen atoms in total. The van der Waals surface area contributed by atoms with E-state index in [1.165, 1.54) is 6.26 Å². The van der Waals surface area contributed by atoms with E-state index in [1.807, 2.05) is 36.4 Å². The average Bonchev–Trinajstić information content (AvgIpc) is 3.33. The minimum atomic E-state index is -0.114. The van der Waals surface area contributed by atoms with Crippen LogP contribution in [0.2, 0.25) is 0 Å². The number of benzene rings is 1. The second-order valence-electron chi connectivity index (χ2n) is 6.89. The number of piperazine rings is 1. The van der Waals surface area contributed by atoms with Crippen LogP contribution >= 0.6 is 0 Å². The van der Waals surface area contributed by atoms with Gasteiger partial charge in [0.05, 0.1) is 23.7 Å². The van der Waals surface area contributed by atoms with Gasteiger partial charge in [-0.15, -0.1) is 0 Å². The summed E-state index contributed by atoms with van der Waals surface area (Å²) in [6.07, 6.45) is 4.84. The molecule has 0 N–H and O–H groups in total. The SMILES string of the molecule is CN(C(=O)c1cncc(N2CCN(C(=O)c3ccco3)CC2)c1)c1ccccc1. The molecule has 1 saturated heterocycles. The van der Waals surface area contributed by atoms with Gasteiger partial charge in [0.2, 0.25) is 0 Å². The molecule has 1 aliphatic heterocycles. The number of pyridine rings is 1. The highest BCUT2D eigenvalue weighted by atomic mass is 16.3. The van der Waals surface area contributed by atoms with Gasteiger partial charge in [-0.2, -0.15) is 0 Å². The molecule has 1 aliphatic rings. The molecule has 29 heavy (non-hydrogen) atoms. The van der Waals surface area contributed by atoms with Gasteiger partial charge >= 0.3 is 0 Å². The number of amides is 2. The van der Waals surface area contributed by atoms with Crippen LogP contribution in [-0.2, 0) is 0 Å². The lowest BCUT2D eigenvalue weighted by Crippen LogP contribution is -2.48. The molecular weight excluding hydrogens is 368 g/mol. The third-order valence-electron chi connectivity index (χ3n) is 5.08. The largest absolute Gasteiger partial charge is 0.459 e. The van der Waals surface area contributed by atoms with Crippen LogP contribution in [0.25, 0.3) is 0 Å².